The van der Waals surface area contributed by atoms with Crippen molar-refractivity contribution in [1.29, 1.82) is 0 Å². The highest BCUT2D eigenvalue weighted by Crippen LogP contribution is 2.29. The number of imidazole rings is 1. The van der Waals surface area contributed by atoms with Gasteiger partial charge >= 0.3 is 0 Å². The van der Waals surface area contributed by atoms with E-state index in [9.17, 15) is 5.11 Å². The molecule has 188 valence electrons. The molecule has 0 unspecified atom stereocenters. The smallest absolute Gasteiger partial charge is 0.161 e. The molecule has 35 heavy (non-hydrogen) atoms. The molecule has 1 fully saturated rings. The number of hydrogen-bond donors (Lipinski definition) is 1. The van der Waals surface area contributed by atoms with Gasteiger partial charge in [-0.25, -0.2) is 4.98 Å². The Balaban J connectivity index is 1.35. The van der Waals surface area contributed by atoms with Gasteiger partial charge < -0.3 is 28.6 Å². The molecular weight excluding hydrogens is 446 g/mol. The van der Waals surface area contributed by atoms with Gasteiger partial charge in [0, 0.05) is 38.6 Å². The van der Waals surface area contributed by atoms with Crippen molar-refractivity contribution in [2.24, 2.45) is 0 Å². The van der Waals surface area contributed by atoms with Crippen molar-refractivity contribution in [2.75, 3.05) is 46.6 Å². The molecule has 0 saturated carbocycles. The number of methoxy groups -OCH3 is 1. The molecule has 1 aromatic heterocycles. The van der Waals surface area contributed by atoms with Gasteiger partial charge in [0.25, 0.3) is 0 Å². The van der Waals surface area contributed by atoms with Gasteiger partial charge in [-0.3, -0.25) is 4.90 Å². The van der Waals surface area contributed by atoms with Gasteiger partial charge in [-0.2, -0.15) is 0 Å². The molecule has 2 aromatic carbocycles. The summed E-state index contributed by atoms with van der Waals surface area (Å²) in [6, 6.07) is 13.8. The molecule has 0 bridgehead atoms. The van der Waals surface area contributed by atoms with E-state index in [0.717, 1.165) is 42.1 Å². The molecule has 0 amide bonds. The number of β-amino-alcohol motifs (C(OH)–C–C–N with tert-alkyl or cyclic N) is 1. The Kier molecular flexibility index (Phi) is 8.63. The lowest BCUT2D eigenvalue weighted by Crippen LogP contribution is -2.48. The SMILES string of the molecule is COc1ccc(CN2CCOC[C@](O)(COc3cccc(C)c3)C2)cc1OCCCn1ccnc1. The monoisotopic (exact) mass is 481 g/mol. The third kappa shape index (κ3) is 7.45. The normalized spacial score (nSPS) is 18.7. The average molecular weight is 482 g/mol. The minimum atomic E-state index is -1.10. The van der Waals surface area contributed by atoms with Crippen molar-refractivity contribution < 1.29 is 24.1 Å². The lowest BCUT2D eigenvalue weighted by molar-refractivity contribution is -0.0646. The molecule has 1 N–H and O–H groups in total. The first kappa shape index (κ1) is 25.0. The lowest BCUT2D eigenvalue weighted by atomic mass is 10.1. The average Bonchev–Trinajstić information content (AvgIpc) is 3.30. The Labute approximate surface area is 207 Å². The molecule has 1 saturated heterocycles. The van der Waals surface area contributed by atoms with E-state index in [0.29, 0.717) is 32.1 Å². The summed E-state index contributed by atoms with van der Waals surface area (Å²) < 4.78 is 25.2. The van der Waals surface area contributed by atoms with Crippen molar-refractivity contribution in [2.45, 2.75) is 32.0 Å². The standard InChI is InChI=1S/C27H35N3O5/c1-22-5-3-6-24(15-22)35-20-27(31)18-30(12-14-33-19-27)17-23-7-8-25(32-2)26(16-23)34-13-4-10-29-11-9-28-21-29/h3,5-9,11,15-16,21,31H,4,10,12-14,17-20H2,1-2H3/t27-/m0/s1. The molecule has 1 aliphatic heterocycles. The molecule has 4 rings (SSSR count). The van der Waals surface area contributed by atoms with Crippen LogP contribution in [-0.4, -0.2) is 71.8 Å². The third-order valence-corrected chi connectivity index (χ3v) is 5.95. The van der Waals surface area contributed by atoms with Crippen molar-refractivity contribution in [3.05, 3.63) is 72.3 Å². The second-order valence-corrected chi connectivity index (χ2v) is 9.08. The van der Waals surface area contributed by atoms with Crippen LogP contribution < -0.4 is 14.2 Å². The molecule has 1 atom stereocenters. The van der Waals surface area contributed by atoms with Gasteiger partial charge in [-0.05, 0) is 48.7 Å². The zero-order valence-electron chi connectivity index (χ0n) is 20.6. The van der Waals surface area contributed by atoms with Crippen LogP contribution in [0.25, 0.3) is 0 Å². The fraction of sp³-hybridized carbons (Fsp3) is 0.444. The van der Waals surface area contributed by atoms with Gasteiger partial charge in [0.15, 0.2) is 11.5 Å². The summed E-state index contributed by atoms with van der Waals surface area (Å²) in [7, 11) is 1.65. The first-order valence-corrected chi connectivity index (χ1v) is 12.0. The van der Waals surface area contributed by atoms with E-state index < -0.39 is 5.60 Å². The van der Waals surface area contributed by atoms with Crippen LogP contribution in [0.15, 0.2) is 61.2 Å². The van der Waals surface area contributed by atoms with Crippen LogP contribution >= 0.6 is 0 Å². The Morgan fingerprint density at radius 2 is 2.06 bits per heavy atom. The number of aryl methyl sites for hydroxylation is 2. The molecule has 2 heterocycles. The van der Waals surface area contributed by atoms with Gasteiger partial charge in [-0.15, -0.1) is 0 Å². The largest absolute Gasteiger partial charge is 0.493 e. The molecular formula is C27H35N3O5. The second kappa shape index (κ2) is 12.1. The maximum absolute atomic E-state index is 11.2. The quantitative estimate of drug-likeness (QED) is 0.421. The van der Waals surface area contributed by atoms with E-state index in [1.807, 2.05) is 60.2 Å². The summed E-state index contributed by atoms with van der Waals surface area (Å²) >= 11 is 0. The van der Waals surface area contributed by atoms with Gasteiger partial charge in [0.05, 0.1) is 33.3 Å². The summed E-state index contributed by atoms with van der Waals surface area (Å²) in [5.74, 6) is 2.18. The maximum atomic E-state index is 11.2. The fourth-order valence-corrected chi connectivity index (χ4v) is 4.18. The van der Waals surface area contributed by atoms with Crippen molar-refractivity contribution >= 4 is 0 Å². The van der Waals surface area contributed by atoms with Gasteiger partial charge in [0.2, 0.25) is 0 Å². The highest BCUT2D eigenvalue weighted by molar-refractivity contribution is 5.43. The number of hydrogen-bond acceptors (Lipinski definition) is 7. The minimum Gasteiger partial charge on any atom is -0.493 e. The van der Waals surface area contributed by atoms with Crippen molar-refractivity contribution in [3.8, 4) is 17.2 Å². The van der Waals surface area contributed by atoms with Gasteiger partial charge in [-0.1, -0.05) is 18.2 Å². The van der Waals surface area contributed by atoms with E-state index in [2.05, 4.69) is 9.88 Å². The predicted octanol–water partition coefficient (Wildman–Crippen LogP) is 3.31. The van der Waals surface area contributed by atoms with E-state index in [1.54, 1.807) is 19.6 Å². The maximum Gasteiger partial charge on any atom is 0.161 e. The number of nitrogens with zero attached hydrogens (tertiary/aromatic N) is 3. The van der Waals surface area contributed by atoms with E-state index in [1.165, 1.54) is 0 Å². The molecule has 0 spiro atoms. The van der Waals surface area contributed by atoms with Crippen LogP contribution in [-0.2, 0) is 17.8 Å². The Hall–Kier alpha value is -3.07. The van der Waals surface area contributed by atoms with E-state index in [-0.39, 0.29) is 13.2 Å². The predicted molar refractivity (Wildman–Crippen MR) is 133 cm³/mol. The first-order valence-electron chi connectivity index (χ1n) is 12.0. The molecule has 3 aromatic rings. The van der Waals surface area contributed by atoms with Crippen LogP contribution in [0.1, 0.15) is 17.5 Å². The number of aromatic nitrogens is 2. The van der Waals surface area contributed by atoms with Crippen LogP contribution in [0.3, 0.4) is 0 Å². The van der Waals surface area contributed by atoms with Crippen molar-refractivity contribution in [1.82, 2.24) is 14.5 Å². The van der Waals surface area contributed by atoms with E-state index in [4.69, 9.17) is 18.9 Å². The highest BCUT2D eigenvalue weighted by atomic mass is 16.5. The zero-order chi connectivity index (χ0) is 24.5. The Bertz CT molecular complexity index is 1060. The summed E-state index contributed by atoms with van der Waals surface area (Å²) in [6.07, 6.45) is 6.39. The Morgan fingerprint density at radius 3 is 2.86 bits per heavy atom. The summed E-state index contributed by atoms with van der Waals surface area (Å²) in [5.41, 5.74) is 1.10. The molecule has 1 aliphatic rings. The second-order valence-electron chi connectivity index (χ2n) is 9.08. The molecule has 8 nitrogen and oxygen atoms in total. The fourth-order valence-electron chi connectivity index (χ4n) is 4.18. The van der Waals surface area contributed by atoms with Gasteiger partial charge in [0.1, 0.15) is 18.0 Å². The summed E-state index contributed by atoms with van der Waals surface area (Å²) in [4.78, 5) is 6.26. The van der Waals surface area contributed by atoms with Crippen molar-refractivity contribution in [3.63, 3.8) is 0 Å². The van der Waals surface area contributed by atoms with Crippen LogP contribution in [0.5, 0.6) is 17.2 Å². The topological polar surface area (TPSA) is 78.2 Å². The zero-order valence-corrected chi connectivity index (χ0v) is 20.6. The first-order chi connectivity index (χ1) is 17.0. The summed E-state index contributed by atoms with van der Waals surface area (Å²) in [6.45, 7) is 6.23. The van der Waals surface area contributed by atoms with Crippen LogP contribution in [0, 0.1) is 6.92 Å². The number of ether oxygens (including phenoxy) is 4. The molecule has 8 heteroatoms. The van der Waals surface area contributed by atoms with E-state index >= 15 is 0 Å². The van der Waals surface area contributed by atoms with Crippen LogP contribution in [0.4, 0.5) is 0 Å². The molecule has 0 aliphatic carbocycles. The highest BCUT2D eigenvalue weighted by Gasteiger charge is 2.33. The van der Waals surface area contributed by atoms with Crippen LogP contribution in [0.2, 0.25) is 0 Å². The summed E-state index contributed by atoms with van der Waals surface area (Å²) in [5, 5.41) is 11.2. The number of benzene rings is 2. The number of rotatable bonds is 11. The minimum absolute atomic E-state index is 0.168. The third-order valence-electron chi connectivity index (χ3n) is 5.95. The Morgan fingerprint density at radius 1 is 1.14 bits per heavy atom. The number of aliphatic hydroxyl groups is 1. The lowest BCUT2D eigenvalue weighted by Gasteiger charge is -2.30. The molecule has 0 radical (unpaired) electrons.